The topological polar surface area (TPSA) is 94.5 Å². The molecule has 2 aliphatic heterocycles. The summed E-state index contributed by atoms with van der Waals surface area (Å²) in [5, 5.41) is 20.1. The van der Waals surface area contributed by atoms with E-state index in [0.717, 1.165) is 70.8 Å². The second-order valence-corrected chi connectivity index (χ2v) is 9.83. The van der Waals surface area contributed by atoms with Crippen molar-refractivity contribution in [1.82, 2.24) is 0 Å². The van der Waals surface area contributed by atoms with Gasteiger partial charge in [0, 0.05) is 25.6 Å². The van der Waals surface area contributed by atoms with Gasteiger partial charge in [-0.2, -0.15) is 0 Å². The van der Waals surface area contributed by atoms with E-state index in [9.17, 15) is 15.0 Å². The fraction of sp³-hybridized carbons (Fsp3) is 0.960. The number of carboxylic acid groups (broad SMARTS) is 1. The van der Waals surface area contributed by atoms with Crippen molar-refractivity contribution in [2.45, 2.75) is 128 Å². The number of hydrogen-bond acceptors (Lipinski definition) is 6. The van der Waals surface area contributed by atoms with Crippen LogP contribution in [-0.4, -0.2) is 60.3 Å². The van der Waals surface area contributed by atoms with Crippen molar-refractivity contribution in [2.75, 3.05) is 13.2 Å². The minimum absolute atomic E-state index is 0.00354. The van der Waals surface area contributed by atoms with Crippen LogP contribution in [0.1, 0.15) is 96.8 Å². The largest absolute Gasteiger partial charge is 0.481 e. The first kappa shape index (κ1) is 25.9. The summed E-state index contributed by atoms with van der Waals surface area (Å²) in [6, 6.07) is 0. The summed E-state index contributed by atoms with van der Waals surface area (Å²) in [6.07, 6.45) is 11.6. The average molecular weight is 457 g/mol. The Hall–Kier alpha value is -0.730. The monoisotopic (exact) mass is 456 g/mol. The van der Waals surface area contributed by atoms with E-state index < -0.39 is 12.1 Å². The van der Waals surface area contributed by atoms with Gasteiger partial charge in [0.2, 0.25) is 0 Å². The van der Waals surface area contributed by atoms with Crippen LogP contribution < -0.4 is 0 Å². The molecule has 7 heteroatoms. The molecule has 3 rings (SSSR count). The van der Waals surface area contributed by atoms with E-state index in [1.54, 1.807) is 0 Å². The molecule has 0 amide bonds. The number of carbonyl (C=O) groups is 1. The first-order chi connectivity index (χ1) is 15.6. The molecule has 0 spiro atoms. The summed E-state index contributed by atoms with van der Waals surface area (Å²) < 4.78 is 24.2. The number of unbranched alkanes of at least 4 members (excludes halogenated alkanes) is 2. The molecule has 2 saturated heterocycles. The lowest BCUT2D eigenvalue weighted by molar-refractivity contribution is -0.200. The highest BCUT2D eigenvalue weighted by Gasteiger charge is 2.45. The second-order valence-electron chi connectivity index (χ2n) is 9.83. The highest BCUT2D eigenvalue weighted by Crippen LogP contribution is 2.41. The summed E-state index contributed by atoms with van der Waals surface area (Å²) in [6.45, 7) is 3.67. The van der Waals surface area contributed by atoms with Crippen LogP contribution in [-0.2, 0) is 23.7 Å². The van der Waals surface area contributed by atoms with Crippen LogP contribution in [0, 0.1) is 11.8 Å². The molecule has 3 fully saturated rings. The van der Waals surface area contributed by atoms with Crippen LogP contribution in [0.2, 0.25) is 0 Å². The zero-order chi connectivity index (χ0) is 22.8. The Morgan fingerprint density at radius 3 is 2.34 bits per heavy atom. The van der Waals surface area contributed by atoms with Gasteiger partial charge in [0.1, 0.15) is 0 Å². The van der Waals surface area contributed by atoms with E-state index in [2.05, 4.69) is 6.92 Å². The maximum Gasteiger partial charge on any atom is 0.303 e. The number of aliphatic hydroxyl groups is 1. The van der Waals surface area contributed by atoms with Gasteiger partial charge < -0.3 is 29.2 Å². The van der Waals surface area contributed by atoms with E-state index in [1.807, 2.05) is 0 Å². The van der Waals surface area contributed by atoms with Crippen molar-refractivity contribution in [1.29, 1.82) is 0 Å². The highest BCUT2D eigenvalue weighted by atomic mass is 16.7. The summed E-state index contributed by atoms with van der Waals surface area (Å²) in [7, 11) is 0. The van der Waals surface area contributed by atoms with E-state index in [1.165, 1.54) is 12.8 Å². The summed E-state index contributed by atoms with van der Waals surface area (Å²) in [5.74, 6) is -1.15. The first-order valence-corrected chi connectivity index (χ1v) is 13.0. The highest BCUT2D eigenvalue weighted by molar-refractivity contribution is 5.67. The number of aliphatic carboxylic acids is 1. The number of ether oxygens (including phenoxy) is 4. The zero-order valence-corrected chi connectivity index (χ0v) is 19.8. The first-order valence-electron chi connectivity index (χ1n) is 13.0. The Morgan fingerprint density at radius 1 is 1.00 bits per heavy atom. The van der Waals surface area contributed by atoms with E-state index in [0.29, 0.717) is 13.0 Å². The third-order valence-electron chi connectivity index (χ3n) is 7.30. The van der Waals surface area contributed by atoms with Crippen LogP contribution >= 0.6 is 0 Å². The van der Waals surface area contributed by atoms with Gasteiger partial charge in [0.25, 0.3) is 0 Å². The number of rotatable bonds is 13. The lowest BCUT2D eigenvalue weighted by Gasteiger charge is -2.32. The minimum Gasteiger partial charge on any atom is -0.481 e. The Balaban J connectivity index is 1.61. The number of aliphatic hydroxyl groups excluding tert-OH is 1. The van der Waals surface area contributed by atoms with Gasteiger partial charge in [-0.1, -0.05) is 26.2 Å². The van der Waals surface area contributed by atoms with Crippen molar-refractivity contribution in [2.24, 2.45) is 11.8 Å². The second kappa shape index (κ2) is 13.9. The Labute approximate surface area is 193 Å². The predicted octanol–water partition coefficient (Wildman–Crippen LogP) is 4.64. The van der Waals surface area contributed by atoms with Crippen LogP contribution in [0.25, 0.3) is 0 Å². The smallest absolute Gasteiger partial charge is 0.303 e. The van der Waals surface area contributed by atoms with Gasteiger partial charge >= 0.3 is 5.97 Å². The summed E-state index contributed by atoms with van der Waals surface area (Å²) >= 11 is 0. The number of hydrogen-bond donors (Lipinski definition) is 2. The third kappa shape index (κ3) is 8.24. The van der Waals surface area contributed by atoms with Crippen molar-refractivity contribution in [3.8, 4) is 0 Å². The zero-order valence-electron chi connectivity index (χ0n) is 19.8. The summed E-state index contributed by atoms with van der Waals surface area (Å²) in [5.41, 5.74) is 0. The predicted molar refractivity (Wildman–Crippen MR) is 120 cm³/mol. The minimum atomic E-state index is -0.861. The molecule has 0 aromatic rings. The molecular weight excluding hydrogens is 412 g/mol. The molecule has 1 aliphatic carbocycles. The van der Waals surface area contributed by atoms with Crippen molar-refractivity contribution in [3.05, 3.63) is 0 Å². The van der Waals surface area contributed by atoms with Gasteiger partial charge in [0.15, 0.2) is 12.6 Å². The Bertz CT molecular complexity index is 530. The van der Waals surface area contributed by atoms with Crippen LogP contribution in [0.5, 0.6) is 0 Å². The Morgan fingerprint density at radius 2 is 1.72 bits per heavy atom. The third-order valence-corrected chi connectivity index (χ3v) is 7.30. The molecule has 0 aromatic carbocycles. The average Bonchev–Trinajstić information content (AvgIpc) is 3.06. The SMILES string of the molecule is CCCCCC(CCC1C(OC2CCCCO2)CC(O)C1CC(=O)O)OC1CCCCO1. The molecular formula is C25H44O7. The molecule has 2 heterocycles. The fourth-order valence-corrected chi connectivity index (χ4v) is 5.52. The normalized spacial score (nSPS) is 34.4. The lowest BCUT2D eigenvalue weighted by Crippen LogP contribution is -2.33. The van der Waals surface area contributed by atoms with Crippen molar-refractivity contribution >= 4 is 5.97 Å². The lowest BCUT2D eigenvalue weighted by atomic mass is 9.85. The maximum absolute atomic E-state index is 11.5. The Kier molecular flexibility index (Phi) is 11.2. The molecule has 0 radical (unpaired) electrons. The molecule has 1 saturated carbocycles. The van der Waals surface area contributed by atoms with Gasteiger partial charge in [-0.3, -0.25) is 4.79 Å². The molecule has 7 atom stereocenters. The van der Waals surface area contributed by atoms with Gasteiger partial charge in [-0.05, 0) is 63.7 Å². The molecule has 7 unspecified atom stereocenters. The molecule has 7 nitrogen and oxygen atoms in total. The van der Waals surface area contributed by atoms with Gasteiger partial charge in [-0.25, -0.2) is 0 Å². The maximum atomic E-state index is 11.5. The van der Waals surface area contributed by atoms with Gasteiger partial charge in [-0.15, -0.1) is 0 Å². The number of carboxylic acids is 1. The van der Waals surface area contributed by atoms with E-state index >= 15 is 0 Å². The van der Waals surface area contributed by atoms with Crippen molar-refractivity contribution < 1.29 is 34.0 Å². The molecule has 0 bridgehead atoms. The quantitative estimate of drug-likeness (QED) is 0.390. The van der Waals surface area contributed by atoms with Crippen molar-refractivity contribution in [3.63, 3.8) is 0 Å². The molecule has 3 aliphatic rings. The molecule has 32 heavy (non-hydrogen) atoms. The van der Waals surface area contributed by atoms with Gasteiger partial charge in [0.05, 0.1) is 24.7 Å². The molecule has 2 N–H and O–H groups in total. The molecule has 0 aromatic heterocycles. The summed E-state index contributed by atoms with van der Waals surface area (Å²) in [4.78, 5) is 11.5. The van der Waals surface area contributed by atoms with Crippen LogP contribution in [0.15, 0.2) is 0 Å². The van der Waals surface area contributed by atoms with E-state index in [-0.39, 0.29) is 43.0 Å². The van der Waals surface area contributed by atoms with Crippen LogP contribution in [0.4, 0.5) is 0 Å². The fourth-order valence-electron chi connectivity index (χ4n) is 5.52. The van der Waals surface area contributed by atoms with Crippen LogP contribution in [0.3, 0.4) is 0 Å². The molecule has 186 valence electrons. The van der Waals surface area contributed by atoms with E-state index in [4.69, 9.17) is 18.9 Å². The standard InChI is InChI=1S/C25H44O7/c1-2-3-4-9-18(31-24-10-5-7-14-29-24)12-13-19-20(16-23(27)28)21(26)17-22(19)32-25-11-6-8-15-30-25/h18-22,24-26H,2-17H2,1H3,(H,27,28).